The molecule has 7 heteroatoms. The van der Waals surface area contributed by atoms with Crippen LogP contribution in [0.4, 0.5) is 0 Å². The summed E-state index contributed by atoms with van der Waals surface area (Å²) in [6.45, 7) is 5.44. The van der Waals surface area contributed by atoms with Gasteiger partial charge in [0.25, 0.3) is 0 Å². The van der Waals surface area contributed by atoms with Gasteiger partial charge >= 0.3 is 5.97 Å². The number of nitrogens with zero attached hydrogens (tertiary/aromatic N) is 1. The van der Waals surface area contributed by atoms with E-state index in [-0.39, 0.29) is 17.5 Å². The van der Waals surface area contributed by atoms with Gasteiger partial charge in [-0.15, -0.1) is 0 Å². The molecule has 1 aliphatic heterocycles. The van der Waals surface area contributed by atoms with Gasteiger partial charge in [0.15, 0.2) is 16.9 Å². The summed E-state index contributed by atoms with van der Waals surface area (Å²) in [6.07, 6.45) is 3.98. The van der Waals surface area contributed by atoms with Crippen molar-refractivity contribution in [3.8, 4) is 22.8 Å². The minimum atomic E-state index is -1.21. The molecular formula is C23H29NO6. The fourth-order valence-corrected chi connectivity index (χ4v) is 3.89. The molecule has 0 aliphatic carbocycles. The van der Waals surface area contributed by atoms with Gasteiger partial charge in [-0.25, -0.2) is 4.79 Å². The van der Waals surface area contributed by atoms with Crippen LogP contribution in [0, 0.1) is 5.92 Å². The molecule has 0 spiro atoms. The van der Waals surface area contributed by atoms with Crippen molar-refractivity contribution in [2.45, 2.75) is 39.2 Å². The monoisotopic (exact) mass is 415 g/mol. The van der Waals surface area contributed by atoms with Gasteiger partial charge in [-0.3, -0.25) is 4.79 Å². The van der Waals surface area contributed by atoms with E-state index in [4.69, 9.17) is 14.2 Å². The van der Waals surface area contributed by atoms with Crippen LogP contribution < -0.4 is 14.9 Å². The first-order valence-electron chi connectivity index (χ1n) is 10.2. The Morgan fingerprint density at radius 3 is 2.53 bits per heavy atom. The molecule has 3 rings (SSSR count). The Kier molecular flexibility index (Phi) is 6.82. The number of methoxy groups -OCH3 is 2. The van der Waals surface area contributed by atoms with E-state index >= 15 is 0 Å². The summed E-state index contributed by atoms with van der Waals surface area (Å²) in [5.74, 6) is 0.305. The van der Waals surface area contributed by atoms with Crippen LogP contribution in [0.3, 0.4) is 0 Å². The molecule has 30 heavy (non-hydrogen) atoms. The minimum absolute atomic E-state index is 0.0362. The Labute approximate surface area is 176 Å². The smallest absolute Gasteiger partial charge is 0.341 e. The van der Waals surface area contributed by atoms with Gasteiger partial charge in [0.2, 0.25) is 0 Å². The van der Waals surface area contributed by atoms with Gasteiger partial charge < -0.3 is 23.9 Å². The highest BCUT2D eigenvalue weighted by Crippen LogP contribution is 2.42. The molecule has 0 amide bonds. The molecule has 2 heterocycles. The zero-order valence-electron chi connectivity index (χ0n) is 17.9. The quantitative estimate of drug-likeness (QED) is 0.627. The predicted octanol–water partition coefficient (Wildman–Crippen LogP) is 3.78. The summed E-state index contributed by atoms with van der Waals surface area (Å²) in [5, 5.41) is 9.38. The topological polar surface area (TPSA) is 87.0 Å². The van der Waals surface area contributed by atoms with E-state index < -0.39 is 11.4 Å². The van der Waals surface area contributed by atoms with E-state index in [1.165, 1.54) is 12.3 Å². The Hall–Kier alpha value is -2.80. The maximum absolute atomic E-state index is 12.4. The fraction of sp³-hybridized carbons (Fsp3) is 0.478. The number of aromatic nitrogens is 1. The number of hydrogen-bond donors (Lipinski definition) is 1. The van der Waals surface area contributed by atoms with Gasteiger partial charge in [0, 0.05) is 37.6 Å². The van der Waals surface area contributed by atoms with E-state index in [1.807, 2.05) is 16.7 Å². The van der Waals surface area contributed by atoms with E-state index in [0.29, 0.717) is 36.8 Å². The maximum Gasteiger partial charge on any atom is 0.341 e. The Bertz CT molecular complexity index is 978. The van der Waals surface area contributed by atoms with Gasteiger partial charge in [0.05, 0.1) is 19.4 Å². The molecule has 0 saturated carbocycles. The first kappa shape index (κ1) is 21.9. The minimum Gasteiger partial charge on any atom is -0.493 e. The van der Waals surface area contributed by atoms with Gasteiger partial charge in [-0.05, 0) is 42.9 Å². The zero-order chi connectivity index (χ0) is 21.8. The molecule has 1 N–H and O–H groups in total. The number of carboxylic acids is 1. The third-order valence-corrected chi connectivity index (χ3v) is 5.53. The van der Waals surface area contributed by atoms with Crippen molar-refractivity contribution in [2.75, 3.05) is 27.4 Å². The van der Waals surface area contributed by atoms with Crippen molar-refractivity contribution >= 4 is 5.97 Å². The average molecular weight is 415 g/mol. The van der Waals surface area contributed by atoms with Crippen LogP contribution in [0.25, 0.3) is 11.3 Å². The largest absolute Gasteiger partial charge is 0.493 e. The molecule has 0 saturated heterocycles. The lowest BCUT2D eigenvalue weighted by Crippen LogP contribution is -2.28. The fourth-order valence-electron chi connectivity index (χ4n) is 3.89. The van der Waals surface area contributed by atoms with Crippen LogP contribution in [-0.2, 0) is 11.2 Å². The molecule has 0 bridgehead atoms. The molecule has 0 radical (unpaired) electrons. The summed E-state index contributed by atoms with van der Waals surface area (Å²) in [6, 6.07) is 5.32. The Morgan fingerprint density at radius 1 is 1.17 bits per heavy atom. The maximum atomic E-state index is 12.4. The van der Waals surface area contributed by atoms with E-state index in [0.717, 1.165) is 24.0 Å². The van der Waals surface area contributed by atoms with Crippen molar-refractivity contribution in [1.82, 2.24) is 4.57 Å². The van der Waals surface area contributed by atoms with Gasteiger partial charge in [0.1, 0.15) is 5.56 Å². The second-order valence-corrected chi connectivity index (χ2v) is 7.87. The highest BCUT2D eigenvalue weighted by Gasteiger charge is 2.29. The van der Waals surface area contributed by atoms with Crippen LogP contribution in [0.15, 0.2) is 29.2 Å². The molecule has 7 nitrogen and oxygen atoms in total. The van der Waals surface area contributed by atoms with E-state index in [1.54, 1.807) is 14.2 Å². The molecule has 0 fully saturated rings. The van der Waals surface area contributed by atoms with Crippen molar-refractivity contribution in [2.24, 2.45) is 5.92 Å². The lowest BCUT2D eigenvalue weighted by Gasteiger charge is -2.33. The molecule has 1 atom stereocenters. The van der Waals surface area contributed by atoms with Crippen LogP contribution in [0.1, 0.15) is 48.7 Å². The number of benzene rings is 1. The van der Waals surface area contributed by atoms with Crippen molar-refractivity contribution < 1.29 is 24.1 Å². The second-order valence-electron chi connectivity index (χ2n) is 7.87. The number of unbranched alkanes of at least 4 members (excludes halogenated alkanes) is 1. The average Bonchev–Trinajstić information content (AvgIpc) is 2.71. The van der Waals surface area contributed by atoms with Gasteiger partial charge in [-0.1, -0.05) is 13.8 Å². The van der Waals surface area contributed by atoms with Crippen LogP contribution in [0.2, 0.25) is 0 Å². The number of hydrogen-bond acceptors (Lipinski definition) is 5. The molecule has 1 unspecified atom stereocenters. The van der Waals surface area contributed by atoms with Crippen molar-refractivity contribution in [3.05, 3.63) is 45.7 Å². The zero-order valence-corrected chi connectivity index (χ0v) is 17.9. The number of pyridine rings is 1. The summed E-state index contributed by atoms with van der Waals surface area (Å²) >= 11 is 0. The number of aromatic carboxylic acids is 1. The third-order valence-electron chi connectivity index (χ3n) is 5.53. The first-order valence-corrected chi connectivity index (χ1v) is 10.2. The van der Waals surface area contributed by atoms with Crippen molar-refractivity contribution in [1.29, 1.82) is 0 Å². The third kappa shape index (κ3) is 4.36. The Morgan fingerprint density at radius 2 is 1.90 bits per heavy atom. The molecular weight excluding hydrogens is 386 g/mol. The highest BCUT2D eigenvalue weighted by molar-refractivity contribution is 5.87. The number of rotatable bonds is 9. The van der Waals surface area contributed by atoms with Crippen LogP contribution >= 0.6 is 0 Å². The number of carboxylic acid groups (broad SMARTS) is 1. The van der Waals surface area contributed by atoms with E-state index in [2.05, 4.69) is 13.8 Å². The number of ether oxygens (including phenoxy) is 3. The first-order chi connectivity index (χ1) is 14.4. The number of fused-ring (bicyclic) bond motifs is 3. The van der Waals surface area contributed by atoms with E-state index in [9.17, 15) is 14.7 Å². The summed E-state index contributed by atoms with van der Waals surface area (Å²) in [4.78, 5) is 23.9. The summed E-state index contributed by atoms with van der Waals surface area (Å²) in [5.41, 5.74) is 1.92. The summed E-state index contributed by atoms with van der Waals surface area (Å²) in [7, 11) is 3.26. The molecule has 1 aromatic heterocycles. The SMILES string of the molecule is COCCCCOc1cc2c(cc1OC)-c1cc(=O)c(C(=O)O)cn1C(C(C)C)C2. The normalized spacial score (nSPS) is 14.9. The lowest BCUT2D eigenvalue weighted by molar-refractivity contribution is 0.0694. The lowest BCUT2D eigenvalue weighted by atomic mass is 9.87. The number of carbonyl (C=O) groups is 1. The van der Waals surface area contributed by atoms with Crippen LogP contribution in [0.5, 0.6) is 11.5 Å². The van der Waals surface area contributed by atoms with Gasteiger partial charge in [-0.2, -0.15) is 0 Å². The second kappa shape index (κ2) is 9.34. The highest BCUT2D eigenvalue weighted by atomic mass is 16.5. The summed E-state index contributed by atoms with van der Waals surface area (Å²) < 4.78 is 18.5. The molecule has 1 aliphatic rings. The standard InChI is InChI=1S/C23H29NO6/c1-14(2)18-9-15-10-22(30-8-6-5-7-28-3)21(29-4)11-16(15)19-12-20(25)17(23(26)27)13-24(18)19/h10-14,18H,5-9H2,1-4H3,(H,26,27). The van der Waals surface area contributed by atoms with Crippen molar-refractivity contribution in [3.63, 3.8) is 0 Å². The predicted molar refractivity (Wildman–Crippen MR) is 114 cm³/mol. The Balaban J connectivity index is 2.03. The molecule has 2 aromatic rings. The van der Waals surface area contributed by atoms with Crippen LogP contribution in [-0.4, -0.2) is 43.1 Å². The molecule has 1 aromatic carbocycles. The molecule has 162 valence electrons.